The zero-order valence-electron chi connectivity index (χ0n) is 7.23. The van der Waals surface area contributed by atoms with E-state index in [0.717, 1.165) is 11.1 Å². The van der Waals surface area contributed by atoms with Crippen LogP contribution in [0, 0.1) is 0 Å². The minimum atomic E-state index is -0.825. The second kappa shape index (κ2) is 3.02. The van der Waals surface area contributed by atoms with Crippen LogP contribution in [-0.2, 0) is 0 Å². The largest absolute Gasteiger partial charge is 0.381 e. The minimum absolute atomic E-state index is 0.781. The first-order valence-corrected chi connectivity index (χ1v) is 3.44. The molecule has 0 saturated carbocycles. The van der Waals surface area contributed by atoms with Crippen molar-refractivity contribution in [2.24, 2.45) is 0 Å². The molecular weight excluding hydrogens is 124 g/mol. The van der Waals surface area contributed by atoms with Crippen LogP contribution >= 0.6 is 0 Å². The number of hydrogen-bond acceptors (Lipinski definition) is 1. The van der Waals surface area contributed by atoms with Crippen LogP contribution in [0.4, 0.5) is 0 Å². The summed E-state index contributed by atoms with van der Waals surface area (Å²) in [6.07, 6.45) is 1.90. The molecule has 1 N–H and O–H groups in total. The fourth-order valence-corrected chi connectivity index (χ4v) is 0.618. The van der Waals surface area contributed by atoms with Gasteiger partial charge in [0.05, 0.1) is 0 Å². The lowest BCUT2D eigenvalue weighted by Gasteiger charge is -2.24. The highest BCUT2D eigenvalue weighted by molar-refractivity contribution is 5.25. The van der Waals surface area contributed by atoms with Gasteiger partial charge in [-0.05, 0) is 38.8 Å². The van der Waals surface area contributed by atoms with E-state index in [0.29, 0.717) is 0 Å². The van der Waals surface area contributed by atoms with Crippen molar-refractivity contribution in [2.45, 2.75) is 33.3 Å². The maximum absolute atomic E-state index is 9.69. The first kappa shape index (κ1) is 9.44. The lowest BCUT2D eigenvalue weighted by molar-refractivity contribution is 0.138. The Balaban J connectivity index is 4.56. The van der Waals surface area contributed by atoms with Crippen LogP contribution in [0.5, 0.6) is 0 Å². The average Bonchev–Trinajstić information content (AvgIpc) is 1.86. The summed E-state index contributed by atoms with van der Waals surface area (Å²) in [6.45, 7) is 11.1. The summed E-state index contributed by atoms with van der Waals surface area (Å²) in [5.74, 6) is 0. The summed E-state index contributed by atoms with van der Waals surface area (Å²) >= 11 is 0. The minimum Gasteiger partial charge on any atom is -0.381 e. The number of hydrogen-bond donors (Lipinski definition) is 1. The normalized spacial score (nSPS) is 18.3. The molecule has 0 spiro atoms. The molecule has 0 radical (unpaired) electrons. The molecule has 58 valence electrons. The summed E-state index contributed by atoms with van der Waals surface area (Å²) < 4.78 is 0. The van der Waals surface area contributed by atoms with Gasteiger partial charge in [-0.1, -0.05) is 12.7 Å². The molecule has 0 aromatic carbocycles. The highest BCUT2D eigenvalue weighted by atomic mass is 16.3. The van der Waals surface area contributed by atoms with Gasteiger partial charge < -0.3 is 5.11 Å². The van der Waals surface area contributed by atoms with Gasteiger partial charge in [-0.25, -0.2) is 0 Å². The molecule has 1 atom stereocenters. The fraction of sp³-hybridized carbons (Fsp3) is 0.556. The van der Waals surface area contributed by atoms with Crippen LogP contribution < -0.4 is 0 Å². The lowest BCUT2D eigenvalue weighted by Crippen LogP contribution is -2.26. The Morgan fingerprint density at radius 2 is 1.90 bits per heavy atom. The molecule has 1 nitrogen and oxygen atoms in total. The summed E-state index contributed by atoms with van der Waals surface area (Å²) in [7, 11) is 0. The van der Waals surface area contributed by atoms with Gasteiger partial charge in [0.2, 0.25) is 0 Å². The Morgan fingerprint density at radius 1 is 1.50 bits per heavy atom. The van der Waals surface area contributed by atoms with Crippen molar-refractivity contribution >= 4 is 0 Å². The van der Waals surface area contributed by atoms with E-state index in [9.17, 15) is 5.11 Å². The monoisotopic (exact) mass is 140 g/mol. The van der Waals surface area contributed by atoms with E-state index in [-0.39, 0.29) is 0 Å². The van der Waals surface area contributed by atoms with Crippen molar-refractivity contribution in [3.8, 4) is 0 Å². The molecule has 0 amide bonds. The van der Waals surface area contributed by atoms with Crippen molar-refractivity contribution in [1.29, 1.82) is 0 Å². The summed E-state index contributed by atoms with van der Waals surface area (Å²) in [6, 6.07) is 0. The number of rotatable bonds is 2. The highest BCUT2D eigenvalue weighted by Gasteiger charge is 2.22. The molecule has 0 aromatic heterocycles. The third-order valence-electron chi connectivity index (χ3n) is 2.03. The van der Waals surface area contributed by atoms with E-state index >= 15 is 0 Å². The molecule has 0 heterocycles. The molecular formula is C9H16O. The van der Waals surface area contributed by atoms with Gasteiger partial charge >= 0.3 is 0 Å². The quantitative estimate of drug-likeness (QED) is 0.583. The van der Waals surface area contributed by atoms with E-state index < -0.39 is 5.60 Å². The van der Waals surface area contributed by atoms with Gasteiger partial charge in [0, 0.05) is 0 Å². The van der Waals surface area contributed by atoms with Crippen LogP contribution in [-0.4, -0.2) is 10.7 Å². The molecule has 0 aromatic rings. The third-order valence-corrected chi connectivity index (χ3v) is 2.03. The zero-order chi connectivity index (χ0) is 8.36. The smallest absolute Gasteiger partial charge is 0.103 e. The fourth-order valence-electron chi connectivity index (χ4n) is 0.618. The Hall–Kier alpha value is -0.560. The average molecular weight is 140 g/mol. The van der Waals surface area contributed by atoms with Crippen molar-refractivity contribution in [3.05, 3.63) is 23.8 Å². The Bertz CT molecular complexity index is 164. The van der Waals surface area contributed by atoms with Crippen LogP contribution in [0.3, 0.4) is 0 Å². The van der Waals surface area contributed by atoms with Gasteiger partial charge in [-0.3, -0.25) is 0 Å². The first-order chi connectivity index (χ1) is 4.42. The molecule has 1 unspecified atom stereocenters. The van der Waals surface area contributed by atoms with Crippen molar-refractivity contribution < 1.29 is 5.11 Å². The number of aliphatic hydroxyl groups is 1. The first-order valence-electron chi connectivity index (χ1n) is 3.44. The zero-order valence-corrected chi connectivity index (χ0v) is 7.23. The second-order valence-electron chi connectivity index (χ2n) is 2.82. The van der Waals surface area contributed by atoms with Crippen LogP contribution in [0.15, 0.2) is 23.8 Å². The third kappa shape index (κ3) is 1.71. The SMILES string of the molecule is C=C(C)C(C)(O)C(C)=CC. The van der Waals surface area contributed by atoms with Crippen LogP contribution in [0.25, 0.3) is 0 Å². The van der Waals surface area contributed by atoms with Gasteiger partial charge in [0.25, 0.3) is 0 Å². The molecule has 0 aliphatic carbocycles. The van der Waals surface area contributed by atoms with E-state index in [4.69, 9.17) is 0 Å². The molecule has 10 heavy (non-hydrogen) atoms. The molecule has 0 saturated heterocycles. The standard InChI is InChI=1S/C9H16O/c1-6-8(4)9(5,10)7(2)3/h6,10H,2H2,1,3-5H3. The van der Waals surface area contributed by atoms with E-state index in [1.54, 1.807) is 6.92 Å². The van der Waals surface area contributed by atoms with Gasteiger partial charge in [0.15, 0.2) is 0 Å². The molecule has 0 bridgehead atoms. The predicted molar refractivity (Wildman–Crippen MR) is 44.9 cm³/mol. The van der Waals surface area contributed by atoms with E-state index in [1.807, 2.05) is 26.8 Å². The van der Waals surface area contributed by atoms with Gasteiger partial charge in [-0.15, -0.1) is 0 Å². The highest BCUT2D eigenvalue weighted by Crippen LogP contribution is 2.22. The topological polar surface area (TPSA) is 20.2 Å². The summed E-state index contributed by atoms with van der Waals surface area (Å²) in [5, 5.41) is 9.69. The van der Waals surface area contributed by atoms with Crippen molar-refractivity contribution in [2.75, 3.05) is 0 Å². The maximum Gasteiger partial charge on any atom is 0.103 e. The molecule has 0 aliphatic rings. The number of allylic oxidation sites excluding steroid dienone is 1. The lowest BCUT2D eigenvalue weighted by atomic mass is 9.90. The second-order valence-corrected chi connectivity index (χ2v) is 2.82. The molecule has 0 rings (SSSR count). The Labute approximate surface area is 63.1 Å². The maximum atomic E-state index is 9.69. The van der Waals surface area contributed by atoms with Crippen molar-refractivity contribution in [3.63, 3.8) is 0 Å². The molecule has 0 fully saturated rings. The van der Waals surface area contributed by atoms with E-state index in [2.05, 4.69) is 6.58 Å². The van der Waals surface area contributed by atoms with Crippen LogP contribution in [0.1, 0.15) is 27.7 Å². The van der Waals surface area contributed by atoms with E-state index in [1.165, 1.54) is 0 Å². The summed E-state index contributed by atoms with van der Waals surface area (Å²) in [4.78, 5) is 0. The Morgan fingerprint density at radius 3 is 2.00 bits per heavy atom. The van der Waals surface area contributed by atoms with Gasteiger partial charge in [0.1, 0.15) is 5.60 Å². The molecule has 0 aliphatic heterocycles. The van der Waals surface area contributed by atoms with Crippen molar-refractivity contribution in [1.82, 2.24) is 0 Å². The van der Waals surface area contributed by atoms with Crippen LogP contribution in [0.2, 0.25) is 0 Å². The Kier molecular flexibility index (Phi) is 2.85. The molecule has 1 heteroatoms. The van der Waals surface area contributed by atoms with Gasteiger partial charge in [-0.2, -0.15) is 0 Å². The predicted octanol–water partition coefficient (Wildman–Crippen LogP) is 2.28. The summed E-state index contributed by atoms with van der Waals surface area (Å²) in [5.41, 5.74) is 0.900.